The van der Waals surface area contributed by atoms with Gasteiger partial charge in [-0.05, 0) is 24.5 Å². The Balaban J connectivity index is 2.01. The summed E-state index contributed by atoms with van der Waals surface area (Å²) in [7, 11) is 0. The van der Waals surface area contributed by atoms with E-state index in [9.17, 15) is 9.59 Å². The molecule has 2 heterocycles. The third kappa shape index (κ3) is 3.60. The molecule has 2 N–H and O–H groups in total. The van der Waals surface area contributed by atoms with Crippen molar-refractivity contribution >= 4 is 29.4 Å². The Bertz CT molecular complexity index is 506. The van der Waals surface area contributed by atoms with Gasteiger partial charge in [-0.15, -0.1) is 0 Å². The van der Waals surface area contributed by atoms with Crippen molar-refractivity contribution in [1.29, 1.82) is 0 Å². The first-order chi connectivity index (χ1) is 9.45. The Labute approximate surface area is 121 Å². The highest BCUT2D eigenvalue weighted by Crippen LogP contribution is 2.22. The summed E-state index contributed by atoms with van der Waals surface area (Å²) < 4.78 is 0. The Kier molecular flexibility index (Phi) is 4.44. The number of amides is 2. The molecular weight excluding hydrogens is 282 g/mol. The summed E-state index contributed by atoms with van der Waals surface area (Å²) in [6.07, 6.45) is 2.04. The van der Waals surface area contributed by atoms with Crippen LogP contribution in [0.2, 0.25) is 5.02 Å². The number of carboxylic acid groups (broad SMARTS) is 1. The second-order valence-corrected chi connectivity index (χ2v) is 5.51. The molecule has 6 nitrogen and oxygen atoms in total. The maximum absolute atomic E-state index is 12.1. The molecule has 20 heavy (non-hydrogen) atoms. The van der Waals surface area contributed by atoms with E-state index in [1.807, 2.05) is 6.92 Å². The molecule has 2 amide bonds. The number of nitrogens with zero attached hydrogens (tertiary/aromatic N) is 2. The van der Waals surface area contributed by atoms with Crippen LogP contribution in [0.1, 0.15) is 13.3 Å². The number of piperidine rings is 1. The van der Waals surface area contributed by atoms with Crippen LogP contribution in [0, 0.1) is 11.8 Å². The molecule has 2 unspecified atom stereocenters. The molecule has 0 spiro atoms. The second-order valence-electron chi connectivity index (χ2n) is 5.07. The maximum atomic E-state index is 12.1. The minimum Gasteiger partial charge on any atom is -0.481 e. The largest absolute Gasteiger partial charge is 0.481 e. The van der Waals surface area contributed by atoms with E-state index in [1.165, 1.54) is 11.1 Å². The summed E-state index contributed by atoms with van der Waals surface area (Å²) in [5.74, 6) is -0.820. The average Bonchev–Trinajstić information content (AvgIpc) is 2.40. The number of carbonyl (C=O) groups excluding carboxylic acids is 1. The topological polar surface area (TPSA) is 82.5 Å². The quantitative estimate of drug-likeness (QED) is 0.877. The van der Waals surface area contributed by atoms with Gasteiger partial charge in [0.05, 0.1) is 10.9 Å². The predicted molar refractivity (Wildman–Crippen MR) is 74.7 cm³/mol. The number of hydrogen-bond donors (Lipinski definition) is 2. The average molecular weight is 298 g/mol. The highest BCUT2D eigenvalue weighted by atomic mass is 35.5. The summed E-state index contributed by atoms with van der Waals surface area (Å²) in [6, 6.07) is 2.89. The molecule has 108 valence electrons. The van der Waals surface area contributed by atoms with E-state index in [0.29, 0.717) is 23.8 Å². The van der Waals surface area contributed by atoms with Crippen molar-refractivity contribution in [1.82, 2.24) is 9.88 Å². The van der Waals surface area contributed by atoms with Crippen molar-refractivity contribution in [3.63, 3.8) is 0 Å². The first kappa shape index (κ1) is 14.6. The minimum absolute atomic E-state index is 0.161. The summed E-state index contributed by atoms with van der Waals surface area (Å²) in [6.45, 7) is 2.71. The third-order valence-corrected chi connectivity index (χ3v) is 3.48. The zero-order valence-corrected chi connectivity index (χ0v) is 11.8. The van der Waals surface area contributed by atoms with Crippen LogP contribution in [-0.2, 0) is 4.79 Å². The lowest BCUT2D eigenvalue weighted by atomic mass is 9.91. The summed E-state index contributed by atoms with van der Waals surface area (Å²) in [5, 5.41) is 12.2. The van der Waals surface area contributed by atoms with E-state index in [2.05, 4.69) is 10.3 Å². The monoisotopic (exact) mass is 297 g/mol. The second kappa shape index (κ2) is 6.09. The number of carboxylic acids is 1. The lowest BCUT2D eigenvalue weighted by Gasteiger charge is -2.34. The normalized spacial score (nSPS) is 22.4. The molecule has 2 rings (SSSR count). The smallest absolute Gasteiger partial charge is 0.323 e. The molecule has 1 aromatic heterocycles. The molecule has 2 atom stereocenters. The number of likely N-dealkylation sites (tertiary alicyclic amines) is 1. The van der Waals surface area contributed by atoms with Gasteiger partial charge in [0.15, 0.2) is 0 Å². The van der Waals surface area contributed by atoms with Gasteiger partial charge in [-0.25, -0.2) is 9.78 Å². The van der Waals surface area contributed by atoms with Crippen LogP contribution in [0.4, 0.5) is 10.6 Å². The Morgan fingerprint density at radius 2 is 2.20 bits per heavy atom. The molecule has 1 aromatic rings. The molecule has 0 aromatic carbocycles. The Morgan fingerprint density at radius 3 is 2.80 bits per heavy atom. The fourth-order valence-electron chi connectivity index (χ4n) is 2.33. The molecular formula is C13H16ClN3O3. The molecule has 0 bridgehead atoms. The first-order valence-corrected chi connectivity index (χ1v) is 6.74. The van der Waals surface area contributed by atoms with Crippen molar-refractivity contribution in [3.8, 4) is 0 Å². The van der Waals surface area contributed by atoms with Gasteiger partial charge in [0.25, 0.3) is 0 Å². The van der Waals surface area contributed by atoms with Crippen molar-refractivity contribution in [2.45, 2.75) is 13.3 Å². The maximum Gasteiger partial charge on any atom is 0.323 e. The van der Waals surface area contributed by atoms with Crippen LogP contribution in [0.15, 0.2) is 18.3 Å². The molecule has 1 fully saturated rings. The zero-order valence-electron chi connectivity index (χ0n) is 11.0. The Morgan fingerprint density at radius 1 is 1.45 bits per heavy atom. The van der Waals surface area contributed by atoms with Crippen LogP contribution in [0.5, 0.6) is 0 Å². The van der Waals surface area contributed by atoms with Crippen LogP contribution in [0.3, 0.4) is 0 Å². The standard InChI is InChI=1S/C13H16ClN3O3/c1-8-4-9(12(18)19)7-17(6-8)13(20)16-11-3-2-10(14)5-15-11/h2-3,5,8-9H,4,6-7H2,1H3,(H,18,19)(H,15,16,20). The number of halogens is 1. The number of hydrogen-bond acceptors (Lipinski definition) is 3. The van der Waals surface area contributed by atoms with Crippen molar-refractivity contribution in [2.75, 3.05) is 18.4 Å². The highest BCUT2D eigenvalue weighted by molar-refractivity contribution is 6.30. The van der Waals surface area contributed by atoms with Gasteiger partial charge in [-0.1, -0.05) is 18.5 Å². The van der Waals surface area contributed by atoms with E-state index in [1.54, 1.807) is 12.1 Å². The molecule has 1 aliphatic rings. The van der Waals surface area contributed by atoms with Crippen LogP contribution in [0.25, 0.3) is 0 Å². The van der Waals surface area contributed by atoms with Gasteiger partial charge in [0.2, 0.25) is 0 Å². The number of urea groups is 1. The lowest BCUT2D eigenvalue weighted by molar-refractivity contribution is -0.143. The SMILES string of the molecule is CC1CC(C(=O)O)CN(C(=O)Nc2ccc(Cl)cn2)C1. The van der Waals surface area contributed by atoms with Crippen LogP contribution in [-0.4, -0.2) is 40.1 Å². The van der Waals surface area contributed by atoms with E-state index >= 15 is 0 Å². The number of anilines is 1. The number of nitrogens with one attached hydrogen (secondary N) is 1. The van der Waals surface area contributed by atoms with Crippen molar-refractivity contribution in [2.24, 2.45) is 11.8 Å². The summed E-state index contributed by atoms with van der Waals surface area (Å²) in [4.78, 5) is 28.7. The van der Waals surface area contributed by atoms with Gasteiger partial charge in [-0.3, -0.25) is 10.1 Å². The van der Waals surface area contributed by atoms with Gasteiger partial charge >= 0.3 is 12.0 Å². The molecule has 7 heteroatoms. The molecule has 0 saturated carbocycles. The lowest BCUT2D eigenvalue weighted by Crippen LogP contribution is -2.47. The van der Waals surface area contributed by atoms with E-state index in [4.69, 9.17) is 16.7 Å². The van der Waals surface area contributed by atoms with Gasteiger partial charge < -0.3 is 10.0 Å². The van der Waals surface area contributed by atoms with Gasteiger partial charge in [0, 0.05) is 19.3 Å². The van der Waals surface area contributed by atoms with E-state index in [0.717, 1.165) is 0 Å². The summed E-state index contributed by atoms with van der Waals surface area (Å²) in [5.41, 5.74) is 0. The molecule has 1 saturated heterocycles. The van der Waals surface area contributed by atoms with Crippen molar-refractivity contribution in [3.05, 3.63) is 23.4 Å². The third-order valence-electron chi connectivity index (χ3n) is 3.26. The first-order valence-electron chi connectivity index (χ1n) is 6.36. The fraction of sp³-hybridized carbons (Fsp3) is 0.462. The van der Waals surface area contributed by atoms with E-state index < -0.39 is 11.9 Å². The highest BCUT2D eigenvalue weighted by Gasteiger charge is 2.31. The van der Waals surface area contributed by atoms with Crippen LogP contribution < -0.4 is 5.32 Å². The van der Waals surface area contributed by atoms with Gasteiger partial charge in [-0.2, -0.15) is 0 Å². The minimum atomic E-state index is -0.862. The van der Waals surface area contributed by atoms with Crippen LogP contribution >= 0.6 is 11.6 Å². The predicted octanol–water partition coefficient (Wildman–Crippen LogP) is 2.31. The molecule has 0 radical (unpaired) electrons. The Hall–Kier alpha value is -1.82. The number of aliphatic carboxylic acids is 1. The number of aromatic nitrogens is 1. The number of carbonyl (C=O) groups is 2. The fourth-order valence-corrected chi connectivity index (χ4v) is 2.45. The number of pyridine rings is 1. The van der Waals surface area contributed by atoms with Crippen molar-refractivity contribution < 1.29 is 14.7 Å². The molecule has 0 aliphatic carbocycles. The number of rotatable bonds is 2. The zero-order chi connectivity index (χ0) is 14.7. The van der Waals surface area contributed by atoms with Gasteiger partial charge in [0.1, 0.15) is 5.82 Å². The van der Waals surface area contributed by atoms with E-state index in [-0.39, 0.29) is 18.5 Å². The summed E-state index contributed by atoms with van der Waals surface area (Å²) >= 11 is 5.72. The molecule has 1 aliphatic heterocycles.